The van der Waals surface area contributed by atoms with Gasteiger partial charge >= 0.3 is 6.36 Å². The lowest BCUT2D eigenvalue weighted by molar-refractivity contribution is -0.274. The largest absolute Gasteiger partial charge is 0.573 e. The summed E-state index contributed by atoms with van der Waals surface area (Å²) in [6.07, 6.45) is -1.07. The summed E-state index contributed by atoms with van der Waals surface area (Å²) in [5.41, 5.74) is 0.320. The normalized spacial score (nSPS) is 22.7. The number of hydrogen-bond donors (Lipinski definition) is 1. The van der Waals surface area contributed by atoms with Gasteiger partial charge in [-0.15, -0.1) is 13.2 Å². The van der Waals surface area contributed by atoms with Gasteiger partial charge in [-0.05, 0) is 43.7 Å². The Morgan fingerprint density at radius 3 is 2.52 bits per heavy atom. The van der Waals surface area contributed by atoms with E-state index in [2.05, 4.69) is 17.0 Å². The first-order valence-corrected chi connectivity index (χ1v) is 7.00. The summed E-state index contributed by atoms with van der Waals surface area (Å²) in [6, 6.07) is 5.34. The van der Waals surface area contributed by atoms with Gasteiger partial charge in [-0.1, -0.05) is 13.0 Å². The van der Waals surface area contributed by atoms with Gasteiger partial charge in [0.25, 0.3) is 0 Å². The molecule has 0 aromatic heterocycles. The second-order valence-electron chi connectivity index (χ2n) is 5.52. The predicted octanol–water partition coefficient (Wildman–Crippen LogP) is 4.35. The Morgan fingerprint density at radius 1 is 1.24 bits per heavy atom. The summed E-state index contributed by atoms with van der Waals surface area (Å²) in [6.45, 7) is 2.16. The SMILES string of the molecule is CC1CCC(C(=O)Nc2cccc(OC(F)(F)F)c2)CC1. The second-order valence-corrected chi connectivity index (χ2v) is 5.52. The van der Waals surface area contributed by atoms with Gasteiger partial charge in [-0.2, -0.15) is 0 Å². The average Bonchev–Trinajstić information content (AvgIpc) is 2.37. The standard InChI is InChI=1S/C15H18F3NO2/c1-10-5-7-11(8-6-10)14(20)19-12-3-2-4-13(9-12)21-15(16,17)18/h2-4,9-11H,5-8H2,1H3,(H,19,20). The van der Waals surface area contributed by atoms with Gasteiger partial charge in [-0.3, -0.25) is 4.79 Å². The number of nitrogens with one attached hydrogen (secondary N) is 1. The summed E-state index contributed by atoms with van der Waals surface area (Å²) < 4.78 is 40.3. The van der Waals surface area contributed by atoms with Crippen LogP contribution in [0.3, 0.4) is 0 Å². The van der Waals surface area contributed by atoms with Crippen molar-refractivity contribution >= 4 is 11.6 Å². The molecule has 1 N–H and O–H groups in total. The van der Waals surface area contributed by atoms with E-state index in [0.717, 1.165) is 25.7 Å². The van der Waals surface area contributed by atoms with Crippen LogP contribution in [-0.2, 0) is 4.79 Å². The van der Waals surface area contributed by atoms with Crippen LogP contribution < -0.4 is 10.1 Å². The minimum atomic E-state index is -4.73. The second kappa shape index (κ2) is 6.37. The Kier molecular flexibility index (Phi) is 4.75. The van der Waals surface area contributed by atoms with E-state index in [9.17, 15) is 18.0 Å². The minimum absolute atomic E-state index is 0.0617. The molecule has 0 radical (unpaired) electrons. The highest BCUT2D eigenvalue weighted by atomic mass is 19.4. The number of alkyl halides is 3. The molecule has 1 aliphatic carbocycles. The zero-order valence-electron chi connectivity index (χ0n) is 11.7. The lowest BCUT2D eigenvalue weighted by atomic mass is 9.82. The number of benzene rings is 1. The molecule has 116 valence electrons. The molecule has 1 saturated carbocycles. The lowest BCUT2D eigenvalue weighted by Crippen LogP contribution is -2.26. The van der Waals surface area contributed by atoms with Gasteiger partial charge in [0, 0.05) is 17.7 Å². The molecular weight excluding hydrogens is 283 g/mol. The summed E-state index contributed by atoms with van der Waals surface area (Å²) in [5.74, 6) is 0.106. The zero-order chi connectivity index (χ0) is 15.5. The molecule has 0 bridgehead atoms. The van der Waals surface area contributed by atoms with Gasteiger partial charge in [0.05, 0.1) is 0 Å². The van der Waals surface area contributed by atoms with Gasteiger partial charge in [0.15, 0.2) is 0 Å². The van der Waals surface area contributed by atoms with Crippen LogP contribution in [0.4, 0.5) is 18.9 Å². The molecule has 0 atom stereocenters. The van der Waals surface area contributed by atoms with Crippen LogP contribution in [0.25, 0.3) is 0 Å². The Morgan fingerprint density at radius 2 is 1.90 bits per heavy atom. The fourth-order valence-electron chi connectivity index (χ4n) is 2.54. The molecule has 21 heavy (non-hydrogen) atoms. The first-order chi connectivity index (χ1) is 9.83. The topological polar surface area (TPSA) is 38.3 Å². The quantitative estimate of drug-likeness (QED) is 0.901. The Labute approximate surface area is 121 Å². The zero-order valence-corrected chi connectivity index (χ0v) is 11.7. The number of halogens is 3. The highest BCUT2D eigenvalue weighted by molar-refractivity contribution is 5.92. The molecule has 1 aliphatic rings. The van der Waals surface area contributed by atoms with Crippen LogP contribution in [0.2, 0.25) is 0 Å². The number of ether oxygens (including phenoxy) is 1. The third-order valence-corrected chi connectivity index (χ3v) is 3.72. The van der Waals surface area contributed by atoms with Crippen molar-refractivity contribution in [2.24, 2.45) is 11.8 Å². The maximum atomic E-state index is 12.2. The molecule has 0 spiro atoms. The van der Waals surface area contributed by atoms with Gasteiger partial charge in [0.2, 0.25) is 5.91 Å². The van der Waals surface area contributed by atoms with Gasteiger partial charge in [-0.25, -0.2) is 0 Å². The molecule has 2 rings (SSSR count). The summed E-state index contributed by atoms with van der Waals surface area (Å²) in [4.78, 5) is 12.1. The first kappa shape index (κ1) is 15.7. The first-order valence-electron chi connectivity index (χ1n) is 7.00. The molecule has 1 aromatic carbocycles. The van der Waals surface area contributed by atoms with E-state index in [1.54, 1.807) is 6.07 Å². The summed E-state index contributed by atoms with van der Waals surface area (Å²) >= 11 is 0. The summed E-state index contributed by atoms with van der Waals surface area (Å²) in [5, 5.41) is 2.67. The molecule has 6 heteroatoms. The van der Waals surface area contributed by atoms with E-state index in [1.165, 1.54) is 18.2 Å². The van der Waals surface area contributed by atoms with Crippen molar-refractivity contribution < 1.29 is 22.7 Å². The highest BCUT2D eigenvalue weighted by Crippen LogP contribution is 2.30. The number of rotatable bonds is 3. The molecule has 1 aromatic rings. The molecular formula is C15H18F3NO2. The van der Waals surface area contributed by atoms with E-state index in [-0.39, 0.29) is 17.6 Å². The minimum Gasteiger partial charge on any atom is -0.406 e. The maximum absolute atomic E-state index is 12.2. The molecule has 0 unspecified atom stereocenters. The molecule has 1 amide bonds. The Bertz CT molecular complexity index is 494. The monoisotopic (exact) mass is 301 g/mol. The smallest absolute Gasteiger partial charge is 0.406 e. The van der Waals surface area contributed by atoms with Crippen LogP contribution >= 0.6 is 0 Å². The van der Waals surface area contributed by atoms with Crippen LogP contribution in [-0.4, -0.2) is 12.3 Å². The third-order valence-electron chi connectivity index (χ3n) is 3.72. The molecule has 0 heterocycles. The molecule has 0 aliphatic heterocycles. The Balaban J connectivity index is 1.96. The van der Waals surface area contributed by atoms with Crippen molar-refractivity contribution in [3.63, 3.8) is 0 Å². The number of carbonyl (C=O) groups is 1. The third kappa shape index (κ3) is 4.95. The highest BCUT2D eigenvalue weighted by Gasteiger charge is 2.31. The van der Waals surface area contributed by atoms with Gasteiger partial charge < -0.3 is 10.1 Å². The average molecular weight is 301 g/mol. The molecule has 1 fully saturated rings. The fourth-order valence-corrected chi connectivity index (χ4v) is 2.54. The van der Waals surface area contributed by atoms with E-state index in [0.29, 0.717) is 11.6 Å². The van der Waals surface area contributed by atoms with E-state index < -0.39 is 6.36 Å². The van der Waals surface area contributed by atoms with Crippen LogP contribution in [0.15, 0.2) is 24.3 Å². The number of anilines is 1. The molecule has 0 saturated heterocycles. The van der Waals surface area contributed by atoms with E-state index in [1.807, 2.05) is 0 Å². The fraction of sp³-hybridized carbons (Fsp3) is 0.533. The van der Waals surface area contributed by atoms with Crippen molar-refractivity contribution in [2.75, 3.05) is 5.32 Å². The van der Waals surface area contributed by atoms with Crippen molar-refractivity contribution in [1.29, 1.82) is 0 Å². The lowest BCUT2D eigenvalue weighted by Gasteiger charge is -2.25. The number of carbonyl (C=O) groups excluding carboxylic acids is 1. The Hall–Kier alpha value is -1.72. The van der Waals surface area contributed by atoms with Crippen molar-refractivity contribution in [3.05, 3.63) is 24.3 Å². The van der Waals surface area contributed by atoms with E-state index >= 15 is 0 Å². The predicted molar refractivity (Wildman–Crippen MR) is 72.9 cm³/mol. The summed E-state index contributed by atoms with van der Waals surface area (Å²) in [7, 11) is 0. The van der Waals surface area contributed by atoms with Crippen LogP contribution in [0.5, 0.6) is 5.75 Å². The number of amides is 1. The molecule has 3 nitrogen and oxygen atoms in total. The van der Waals surface area contributed by atoms with Crippen molar-refractivity contribution in [1.82, 2.24) is 0 Å². The maximum Gasteiger partial charge on any atom is 0.573 e. The van der Waals surface area contributed by atoms with Crippen LogP contribution in [0, 0.1) is 11.8 Å². The van der Waals surface area contributed by atoms with Crippen molar-refractivity contribution in [3.8, 4) is 5.75 Å². The van der Waals surface area contributed by atoms with Crippen LogP contribution in [0.1, 0.15) is 32.6 Å². The van der Waals surface area contributed by atoms with Gasteiger partial charge in [0.1, 0.15) is 5.75 Å². The van der Waals surface area contributed by atoms with Crippen molar-refractivity contribution in [2.45, 2.75) is 39.0 Å². The van der Waals surface area contributed by atoms with E-state index in [4.69, 9.17) is 0 Å². The number of hydrogen-bond acceptors (Lipinski definition) is 2.